The standard InChI is InChI=1S/C11H17N3O4/c1-18-6-2-4-12-11(17)9-7-13-14(8-9)5-3-10(15)16/h7-8H,2-6H2,1H3,(H,12,17)(H,15,16). The Morgan fingerprint density at radius 3 is 3.00 bits per heavy atom. The number of methoxy groups -OCH3 is 1. The van der Waals surface area contributed by atoms with Gasteiger partial charge in [0.15, 0.2) is 0 Å². The second kappa shape index (κ2) is 7.44. The van der Waals surface area contributed by atoms with Crippen molar-refractivity contribution in [3.63, 3.8) is 0 Å². The molecule has 0 aromatic carbocycles. The van der Waals surface area contributed by atoms with Crippen molar-refractivity contribution in [2.45, 2.75) is 19.4 Å². The van der Waals surface area contributed by atoms with Crippen LogP contribution in [-0.2, 0) is 16.1 Å². The van der Waals surface area contributed by atoms with Crippen LogP contribution in [0, 0.1) is 0 Å². The van der Waals surface area contributed by atoms with Gasteiger partial charge in [0.25, 0.3) is 5.91 Å². The Balaban J connectivity index is 2.37. The van der Waals surface area contributed by atoms with Crippen LogP contribution in [-0.4, -0.2) is 47.0 Å². The molecule has 0 spiro atoms. The summed E-state index contributed by atoms with van der Waals surface area (Å²) >= 11 is 0. The van der Waals surface area contributed by atoms with Crippen molar-refractivity contribution in [2.24, 2.45) is 0 Å². The lowest BCUT2D eigenvalue weighted by Gasteiger charge is -2.02. The summed E-state index contributed by atoms with van der Waals surface area (Å²) in [7, 11) is 1.61. The molecule has 100 valence electrons. The maximum atomic E-state index is 11.6. The third-order valence-corrected chi connectivity index (χ3v) is 2.26. The van der Waals surface area contributed by atoms with Gasteiger partial charge in [0.2, 0.25) is 0 Å². The first-order valence-corrected chi connectivity index (χ1v) is 5.65. The lowest BCUT2D eigenvalue weighted by Crippen LogP contribution is -2.24. The van der Waals surface area contributed by atoms with E-state index in [-0.39, 0.29) is 18.9 Å². The van der Waals surface area contributed by atoms with Crippen molar-refractivity contribution in [3.05, 3.63) is 18.0 Å². The van der Waals surface area contributed by atoms with Crippen molar-refractivity contribution < 1.29 is 19.4 Å². The van der Waals surface area contributed by atoms with Gasteiger partial charge in [0.1, 0.15) is 0 Å². The van der Waals surface area contributed by atoms with E-state index in [1.807, 2.05) is 0 Å². The van der Waals surface area contributed by atoms with Crippen molar-refractivity contribution in [2.75, 3.05) is 20.3 Å². The molecule has 1 amide bonds. The Bertz CT molecular complexity index is 403. The van der Waals surface area contributed by atoms with Gasteiger partial charge < -0.3 is 15.2 Å². The molecule has 1 rings (SSSR count). The predicted octanol–water partition coefficient (Wildman–Crippen LogP) is 0.124. The third kappa shape index (κ3) is 4.96. The van der Waals surface area contributed by atoms with Gasteiger partial charge in [0, 0.05) is 26.5 Å². The van der Waals surface area contributed by atoms with E-state index in [2.05, 4.69) is 10.4 Å². The van der Waals surface area contributed by atoms with Gasteiger partial charge in [-0.2, -0.15) is 5.10 Å². The number of carboxylic acid groups (broad SMARTS) is 1. The monoisotopic (exact) mass is 255 g/mol. The lowest BCUT2D eigenvalue weighted by atomic mass is 10.3. The highest BCUT2D eigenvalue weighted by molar-refractivity contribution is 5.93. The first kappa shape index (κ1) is 14.2. The van der Waals surface area contributed by atoms with Gasteiger partial charge in [-0.1, -0.05) is 0 Å². The molecule has 0 atom stereocenters. The Kier molecular flexibility index (Phi) is 5.86. The number of nitrogens with one attached hydrogen (secondary N) is 1. The quantitative estimate of drug-likeness (QED) is 0.644. The highest BCUT2D eigenvalue weighted by atomic mass is 16.5. The molecule has 0 radical (unpaired) electrons. The fourth-order valence-corrected chi connectivity index (χ4v) is 1.33. The molecular formula is C11H17N3O4. The molecule has 7 nitrogen and oxygen atoms in total. The molecule has 0 fully saturated rings. The summed E-state index contributed by atoms with van der Waals surface area (Å²) in [6.45, 7) is 1.39. The zero-order valence-corrected chi connectivity index (χ0v) is 10.3. The zero-order valence-electron chi connectivity index (χ0n) is 10.3. The summed E-state index contributed by atoms with van der Waals surface area (Å²) in [6.07, 6.45) is 3.69. The average molecular weight is 255 g/mol. The Hall–Kier alpha value is -1.89. The topological polar surface area (TPSA) is 93.5 Å². The van der Waals surface area contributed by atoms with E-state index in [0.29, 0.717) is 18.7 Å². The molecule has 0 aliphatic carbocycles. The van der Waals surface area contributed by atoms with Crippen LogP contribution in [0.1, 0.15) is 23.2 Å². The Morgan fingerprint density at radius 1 is 1.56 bits per heavy atom. The number of ether oxygens (including phenoxy) is 1. The normalized spacial score (nSPS) is 10.3. The van der Waals surface area contributed by atoms with E-state index in [9.17, 15) is 9.59 Å². The number of nitrogens with zero attached hydrogens (tertiary/aromatic N) is 2. The average Bonchev–Trinajstić information content (AvgIpc) is 2.80. The van der Waals surface area contributed by atoms with E-state index >= 15 is 0 Å². The number of rotatable bonds is 8. The lowest BCUT2D eigenvalue weighted by molar-refractivity contribution is -0.137. The van der Waals surface area contributed by atoms with Gasteiger partial charge in [-0.15, -0.1) is 0 Å². The maximum Gasteiger partial charge on any atom is 0.305 e. The number of carbonyl (C=O) groups is 2. The van der Waals surface area contributed by atoms with Crippen LogP contribution in [0.15, 0.2) is 12.4 Å². The fraction of sp³-hybridized carbons (Fsp3) is 0.545. The fourth-order valence-electron chi connectivity index (χ4n) is 1.33. The van der Waals surface area contributed by atoms with Gasteiger partial charge >= 0.3 is 5.97 Å². The Labute approximate surface area is 105 Å². The molecule has 1 heterocycles. The number of amides is 1. The van der Waals surface area contributed by atoms with Crippen LogP contribution in [0.5, 0.6) is 0 Å². The molecule has 1 aromatic heterocycles. The summed E-state index contributed by atoms with van der Waals surface area (Å²) in [6, 6.07) is 0. The van der Waals surface area contributed by atoms with Crippen LogP contribution in [0.3, 0.4) is 0 Å². The number of aromatic nitrogens is 2. The maximum absolute atomic E-state index is 11.6. The smallest absolute Gasteiger partial charge is 0.305 e. The first-order chi connectivity index (χ1) is 8.63. The van der Waals surface area contributed by atoms with Crippen LogP contribution < -0.4 is 5.32 Å². The van der Waals surface area contributed by atoms with Crippen LogP contribution in [0.25, 0.3) is 0 Å². The van der Waals surface area contributed by atoms with Gasteiger partial charge in [-0.3, -0.25) is 14.3 Å². The van der Waals surface area contributed by atoms with Crippen LogP contribution in [0.4, 0.5) is 0 Å². The van der Waals surface area contributed by atoms with Crippen molar-refractivity contribution in [3.8, 4) is 0 Å². The molecule has 2 N–H and O–H groups in total. The van der Waals surface area contributed by atoms with E-state index < -0.39 is 5.97 Å². The van der Waals surface area contributed by atoms with Gasteiger partial charge in [-0.05, 0) is 6.42 Å². The summed E-state index contributed by atoms with van der Waals surface area (Å²) in [5, 5.41) is 15.2. The second-order valence-electron chi connectivity index (χ2n) is 3.74. The summed E-state index contributed by atoms with van der Waals surface area (Å²) < 4.78 is 6.31. The van der Waals surface area contributed by atoms with Crippen LogP contribution in [0.2, 0.25) is 0 Å². The molecule has 18 heavy (non-hydrogen) atoms. The van der Waals surface area contributed by atoms with E-state index in [0.717, 1.165) is 6.42 Å². The minimum Gasteiger partial charge on any atom is -0.481 e. The Morgan fingerprint density at radius 2 is 2.33 bits per heavy atom. The minimum atomic E-state index is -0.893. The summed E-state index contributed by atoms with van der Waals surface area (Å²) in [5.41, 5.74) is 0.429. The summed E-state index contributed by atoms with van der Waals surface area (Å²) in [4.78, 5) is 22.0. The molecule has 0 aliphatic rings. The molecule has 1 aromatic rings. The molecule has 0 saturated carbocycles. The van der Waals surface area contributed by atoms with Crippen molar-refractivity contribution in [1.29, 1.82) is 0 Å². The SMILES string of the molecule is COCCCNC(=O)c1cnn(CCC(=O)O)c1. The molecule has 7 heteroatoms. The zero-order chi connectivity index (χ0) is 13.4. The highest BCUT2D eigenvalue weighted by Gasteiger charge is 2.08. The molecule has 0 aliphatic heterocycles. The second-order valence-corrected chi connectivity index (χ2v) is 3.74. The van der Waals surface area contributed by atoms with Crippen molar-refractivity contribution in [1.82, 2.24) is 15.1 Å². The highest BCUT2D eigenvalue weighted by Crippen LogP contribution is 1.99. The van der Waals surface area contributed by atoms with E-state index in [1.165, 1.54) is 17.1 Å². The number of carbonyl (C=O) groups excluding carboxylic acids is 1. The van der Waals surface area contributed by atoms with E-state index in [4.69, 9.17) is 9.84 Å². The summed E-state index contributed by atoms with van der Waals surface area (Å²) in [5.74, 6) is -1.11. The van der Waals surface area contributed by atoms with Gasteiger partial charge in [0.05, 0.1) is 24.7 Å². The number of aliphatic carboxylic acids is 1. The number of hydrogen-bond donors (Lipinski definition) is 2. The minimum absolute atomic E-state index is 0.0173. The largest absolute Gasteiger partial charge is 0.481 e. The molecule has 0 saturated heterocycles. The number of hydrogen-bond acceptors (Lipinski definition) is 4. The molecular weight excluding hydrogens is 238 g/mol. The van der Waals surface area contributed by atoms with Crippen molar-refractivity contribution >= 4 is 11.9 Å². The number of aryl methyl sites for hydroxylation is 1. The van der Waals surface area contributed by atoms with Crippen LogP contribution >= 0.6 is 0 Å². The third-order valence-electron chi connectivity index (χ3n) is 2.26. The molecule has 0 unspecified atom stereocenters. The number of carboxylic acids is 1. The first-order valence-electron chi connectivity index (χ1n) is 5.65. The van der Waals surface area contributed by atoms with E-state index in [1.54, 1.807) is 7.11 Å². The molecule has 0 bridgehead atoms. The predicted molar refractivity (Wildman–Crippen MR) is 63.3 cm³/mol. The van der Waals surface area contributed by atoms with Gasteiger partial charge in [-0.25, -0.2) is 0 Å².